The fraction of sp³-hybridized carbons (Fsp3) is 1.00. The van der Waals surface area contributed by atoms with Crippen LogP contribution in [0.1, 0.15) is 26.2 Å². The lowest BCUT2D eigenvalue weighted by molar-refractivity contribution is 0.0652. The van der Waals surface area contributed by atoms with Gasteiger partial charge >= 0.3 is 0 Å². The molecule has 3 heteroatoms. The van der Waals surface area contributed by atoms with Gasteiger partial charge < -0.3 is 10.5 Å². The zero-order valence-electron chi connectivity index (χ0n) is 9.17. The maximum Gasteiger partial charge on any atom is 0.0513 e. The molecule has 0 aromatic rings. The zero-order valence-corrected chi connectivity index (χ0v) is 9.17. The van der Waals surface area contributed by atoms with Crippen LogP contribution in [0.15, 0.2) is 0 Å². The average molecular weight is 198 g/mol. The Kier molecular flexibility index (Phi) is 3.10. The van der Waals surface area contributed by atoms with Crippen LogP contribution in [0.2, 0.25) is 0 Å². The van der Waals surface area contributed by atoms with E-state index < -0.39 is 0 Å². The molecular formula is C11H22N2O. The summed E-state index contributed by atoms with van der Waals surface area (Å²) in [6.45, 7) is 7.37. The van der Waals surface area contributed by atoms with E-state index in [1.807, 2.05) is 0 Å². The van der Waals surface area contributed by atoms with Crippen molar-refractivity contribution in [3.05, 3.63) is 0 Å². The summed E-state index contributed by atoms with van der Waals surface area (Å²) in [5.74, 6) is 0.644. The molecule has 3 nitrogen and oxygen atoms in total. The lowest BCUT2D eigenvalue weighted by Crippen LogP contribution is -2.55. The molecule has 0 amide bonds. The number of likely N-dealkylation sites (tertiary alicyclic amines) is 1. The molecule has 0 aromatic carbocycles. The summed E-state index contributed by atoms with van der Waals surface area (Å²) in [5, 5.41) is 0. The number of nitrogens with zero attached hydrogens (tertiary/aromatic N) is 1. The molecule has 2 heterocycles. The minimum atomic E-state index is 0.188. The molecule has 0 aromatic heterocycles. The summed E-state index contributed by atoms with van der Waals surface area (Å²) in [7, 11) is 0. The van der Waals surface area contributed by atoms with Crippen LogP contribution in [-0.2, 0) is 4.74 Å². The van der Waals surface area contributed by atoms with E-state index in [4.69, 9.17) is 10.5 Å². The van der Waals surface area contributed by atoms with Crippen molar-refractivity contribution < 1.29 is 4.74 Å². The van der Waals surface area contributed by atoms with Gasteiger partial charge in [-0.3, -0.25) is 4.90 Å². The number of hydrogen-bond acceptors (Lipinski definition) is 3. The van der Waals surface area contributed by atoms with Crippen molar-refractivity contribution in [2.75, 3.05) is 32.8 Å². The van der Waals surface area contributed by atoms with Crippen LogP contribution in [0.3, 0.4) is 0 Å². The highest BCUT2D eigenvalue weighted by Gasteiger charge is 2.41. The normalized spacial score (nSPS) is 33.4. The Morgan fingerprint density at radius 1 is 1.43 bits per heavy atom. The summed E-state index contributed by atoms with van der Waals surface area (Å²) in [4.78, 5) is 2.58. The molecule has 0 radical (unpaired) electrons. The summed E-state index contributed by atoms with van der Waals surface area (Å²) >= 11 is 0. The first kappa shape index (κ1) is 10.4. The topological polar surface area (TPSA) is 38.5 Å². The summed E-state index contributed by atoms with van der Waals surface area (Å²) < 4.78 is 5.48. The van der Waals surface area contributed by atoms with Gasteiger partial charge in [-0.1, -0.05) is 0 Å². The molecule has 0 spiro atoms. The maximum atomic E-state index is 5.97. The predicted molar refractivity (Wildman–Crippen MR) is 57.2 cm³/mol. The van der Waals surface area contributed by atoms with Gasteiger partial charge in [-0.2, -0.15) is 0 Å². The van der Waals surface area contributed by atoms with Crippen LogP contribution in [0.4, 0.5) is 0 Å². The van der Waals surface area contributed by atoms with E-state index >= 15 is 0 Å². The molecule has 2 N–H and O–H groups in total. The second-order valence-corrected chi connectivity index (χ2v) is 4.82. The smallest absolute Gasteiger partial charge is 0.0513 e. The average Bonchev–Trinajstić information content (AvgIpc) is 2.88. The van der Waals surface area contributed by atoms with Gasteiger partial charge in [0.15, 0.2) is 0 Å². The molecule has 14 heavy (non-hydrogen) atoms. The maximum absolute atomic E-state index is 5.97. The van der Waals surface area contributed by atoms with E-state index in [0.29, 0.717) is 5.92 Å². The molecule has 2 unspecified atom stereocenters. The number of hydrogen-bond donors (Lipinski definition) is 1. The van der Waals surface area contributed by atoms with E-state index in [0.717, 1.165) is 19.8 Å². The molecule has 0 aliphatic carbocycles. The Bertz CT molecular complexity index is 168. The second kappa shape index (κ2) is 4.17. The van der Waals surface area contributed by atoms with Crippen LogP contribution in [0.25, 0.3) is 0 Å². The number of rotatable bonds is 3. The van der Waals surface area contributed by atoms with Crippen LogP contribution < -0.4 is 5.73 Å². The SMILES string of the molecule is CC(CN)(C1CCOC1)N1CCCC1. The highest BCUT2D eigenvalue weighted by molar-refractivity contribution is 4.96. The Morgan fingerprint density at radius 3 is 2.64 bits per heavy atom. The van der Waals surface area contributed by atoms with Gasteiger partial charge in [0.1, 0.15) is 0 Å². The van der Waals surface area contributed by atoms with Crippen LogP contribution >= 0.6 is 0 Å². The summed E-state index contributed by atoms with van der Waals surface area (Å²) in [6, 6.07) is 0. The zero-order chi connectivity index (χ0) is 10.0. The van der Waals surface area contributed by atoms with Gasteiger partial charge in [0.2, 0.25) is 0 Å². The molecule has 2 rings (SSSR count). The van der Waals surface area contributed by atoms with Gasteiger partial charge in [-0.05, 0) is 39.3 Å². The van der Waals surface area contributed by atoms with Gasteiger partial charge in [0, 0.05) is 24.6 Å². The molecule has 2 fully saturated rings. The third-order valence-electron chi connectivity index (χ3n) is 4.05. The van der Waals surface area contributed by atoms with Crippen molar-refractivity contribution in [1.82, 2.24) is 4.90 Å². The van der Waals surface area contributed by atoms with Crippen molar-refractivity contribution in [1.29, 1.82) is 0 Å². The Balaban J connectivity index is 2.06. The second-order valence-electron chi connectivity index (χ2n) is 4.82. The van der Waals surface area contributed by atoms with E-state index in [1.165, 1.54) is 32.4 Å². The fourth-order valence-electron chi connectivity index (χ4n) is 2.81. The Labute approximate surface area is 86.6 Å². The molecule has 2 atom stereocenters. The minimum absolute atomic E-state index is 0.188. The fourth-order valence-corrected chi connectivity index (χ4v) is 2.81. The lowest BCUT2D eigenvalue weighted by Gasteiger charge is -2.42. The highest BCUT2D eigenvalue weighted by Crippen LogP contribution is 2.32. The molecule has 2 aliphatic heterocycles. The standard InChI is InChI=1S/C11H22N2O/c1-11(9-12,10-4-7-14-8-10)13-5-2-3-6-13/h10H,2-9,12H2,1H3. The van der Waals surface area contributed by atoms with Crippen molar-refractivity contribution >= 4 is 0 Å². The Morgan fingerprint density at radius 2 is 2.14 bits per heavy atom. The van der Waals surface area contributed by atoms with E-state index in [1.54, 1.807) is 0 Å². The largest absolute Gasteiger partial charge is 0.381 e. The molecule has 0 saturated carbocycles. The number of nitrogens with two attached hydrogens (primary N) is 1. The third-order valence-corrected chi connectivity index (χ3v) is 4.05. The monoisotopic (exact) mass is 198 g/mol. The van der Waals surface area contributed by atoms with Gasteiger partial charge in [0.25, 0.3) is 0 Å². The van der Waals surface area contributed by atoms with E-state index in [2.05, 4.69) is 11.8 Å². The van der Waals surface area contributed by atoms with Gasteiger partial charge in [-0.25, -0.2) is 0 Å². The van der Waals surface area contributed by atoms with Crippen LogP contribution in [-0.4, -0.2) is 43.3 Å². The predicted octanol–water partition coefficient (Wildman–Crippen LogP) is 0.836. The summed E-state index contributed by atoms with van der Waals surface area (Å²) in [6.07, 6.45) is 3.86. The Hall–Kier alpha value is -0.120. The molecule has 0 bridgehead atoms. The molecular weight excluding hydrogens is 176 g/mol. The van der Waals surface area contributed by atoms with E-state index in [9.17, 15) is 0 Å². The summed E-state index contributed by atoms with van der Waals surface area (Å²) in [5.41, 5.74) is 6.16. The number of ether oxygens (including phenoxy) is 1. The van der Waals surface area contributed by atoms with Gasteiger partial charge in [-0.15, -0.1) is 0 Å². The first-order chi connectivity index (χ1) is 6.77. The molecule has 82 valence electrons. The van der Waals surface area contributed by atoms with Crippen molar-refractivity contribution in [2.45, 2.75) is 31.7 Å². The highest BCUT2D eigenvalue weighted by atomic mass is 16.5. The first-order valence-electron chi connectivity index (χ1n) is 5.80. The van der Waals surface area contributed by atoms with Crippen molar-refractivity contribution in [3.8, 4) is 0 Å². The van der Waals surface area contributed by atoms with Crippen LogP contribution in [0, 0.1) is 5.92 Å². The quantitative estimate of drug-likeness (QED) is 0.730. The minimum Gasteiger partial charge on any atom is -0.381 e. The van der Waals surface area contributed by atoms with E-state index in [-0.39, 0.29) is 5.54 Å². The molecule has 2 saturated heterocycles. The van der Waals surface area contributed by atoms with Crippen LogP contribution in [0.5, 0.6) is 0 Å². The molecule has 2 aliphatic rings. The third kappa shape index (κ3) is 1.69. The first-order valence-corrected chi connectivity index (χ1v) is 5.80. The van der Waals surface area contributed by atoms with Crippen molar-refractivity contribution in [2.24, 2.45) is 11.7 Å². The lowest BCUT2D eigenvalue weighted by atomic mass is 9.83. The van der Waals surface area contributed by atoms with Crippen molar-refractivity contribution in [3.63, 3.8) is 0 Å². The van der Waals surface area contributed by atoms with Gasteiger partial charge in [0.05, 0.1) is 6.61 Å².